The molecule has 0 bridgehead atoms. The molecule has 2 N–H and O–H groups in total. The molecular weight excluding hydrogens is 338 g/mol. The average molecular weight is 354 g/mol. The minimum Gasteiger partial charge on any atom is -0.355 e. The zero-order valence-corrected chi connectivity index (χ0v) is 13.2. The Balaban J connectivity index is 2.64. The lowest BCUT2D eigenvalue weighted by Gasteiger charge is -2.09. The van der Waals surface area contributed by atoms with E-state index in [4.69, 9.17) is 0 Å². The summed E-state index contributed by atoms with van der Waals surface area (Å²) in [5.41, 5.74) is 0. The van der Waals surface area contributed by atoms with Crippen molar-refractivity contribution in [2.45, 2.75) is 18.9 Å². The van der Waals surface area contributed by atoms with E-state index in [9.17, 15) is 13.2 Å². The van der Waals surface area contributed by atoms with Gasteiger partial charge in [0.1, 0.15) is 0 Å². The average Bonchev–Trinajstić information content (AvgIpc) is 2.64. The Morgan fingerprint density at radius 2 is 2.11 bits per heavy atom. The highest BCUT2D eigenvalue weighted by Crippen LogP contribution is 2.17. The van der Waals surface area contributed by atoms with E-state index in [1.54, 1.807) is 0 Å². The van der Waals surface area contributed by atoms with Crippen molar-refractivity contribution >= 4 is 31.9 Å². The van der Waals surface area contributed by atoms with Gasteiger partial charge >= 0.3 is 0 Å². The summed E-state index contributed by atoms with van der Waals surface area (Å²) in [6.45, 7) is 4.07. The normalized spacial score (nSPS) is 11.8. The summed E-state index contributed by atoms with van der Waals surface area (Å²) in [5.74, 6) is -0.0838. The molecule has 19 heavy (non-hydrogen) atoms. The fourth-order valence-corrected chi connectivity index (χ4v) is 3.29. The van der Waals surface area contributed by atoms with Crippen molar-refractivity contribution in [3.05, 3.63) is 4.60 Å². The lowest BCUT2D eigenvalue weighted by atomic mass is 10.2. The number of carbonyl (C=O) groups excluding carboxylic acids is 1. The second-order valence-electron chi connectivity index (χ2n) is 4.33. The third-order valence-corrected chi connectivity index (χ3v) is 4.41. The zero-order valence-electron chi connectivity index (χ0n) is 10.8. The van der Waals surface area contributed by atoms with Crippen LogP contribution in [-0.2, 0) is 21.9 Å². The van der Waals surface area contributed by atoms with Gasteiger partial charge in [-0.3, -0.25) is 4.79 Å². The van der Waals surface area contributed by atoms with E-state index >= 15 is 0 Å². The van der Waals surface area contributed by atoms with Crippen LogP contribution < -0.4 is 10.0 Å². The first-order valence-electron chi connectivity index (χ1n) is 5.55. The van der Waals surface area contributed by atoms with Crippen LogP contribution in [0.4, 0.5) is 0 Å². The predicted molar refractivity (Wildman–Crippen MR) is 71.7 cm³/mol. The van der Waals surface area contributed by atoms with Gasteiger partial charge in [-0.2, -0.15) is 0 Å². The van der Waals surface area contributed by atoms with Crippen LogP contribution in [0.25, 0.3) is 0 Å². The van der Waals surface area contributed by atoms with Gasteiger partial charge in [0.2, 0.25) is 10.9 Å². The van der Waals surface area contributed by atoms with Gasteiger partial charge in [-0.15, -0.1) is 5.10 Å². The van der Waals surface area contributed by atoms with Gasteiger partial charge in [0.05, 0.1) is 6.54 Å². The summed E-state index contributed by atoms with van der Waals surface area (Å²) in [6.07, 6.45) is 0. The molecule has 0 aromatic carbocycles. The summed E-state index contributed by atoms with van der Waals surface area (Å²) >= 11 is 3.00. The van der Waals surface area contributed by atoms with Crippen molar-refractivity contribution in [3.63, 3.8) is 0 Å². The lowest BCUT2D eigenvalue weighted by Crippen LogP contribution is -2.38. The maximum atomic E-state index is 12.0. The van der Waals surface area contributed by atoms with Crippen LogP contribution >= 0.6 is 15.9 Å². The van der Waals surface area contributed by atoms with E-state index in [0.29, 0.717) is 12.5 Å². The molecule has 0 saturated carbocycles. The number of sulfonamides is 1. The Bertz CT molecular complexity index is 535. The van der Waals surface area contributed by atoms with Crippen LogP contribution in [0, 0.1) is 5.92 Å². The maximum absolute atomic E-state index is 12.0. The molecule has 1 rings (SSSR count). The van der Waals surface area contributed by atoms with Gasteiger partial charge in [0.25, 0.3) is 10.0 Å². The minimum absolute atomic E-state index is 0.102. The molecule has 0 saturated heterocycles. The number of nitrogens with zero attached hydrogens (tertiary/aromatic N) is 3. The predicted octanol–water partition coefficient (Wildman–Crippen LogP) is -0.372. The van der Waals surface area contributed by atoms with Crippen molar-refractivity contribution in [3.8, 4) is 0 Å². The molecule has 0 unspecified atom stereocenters. The Hall–Kier alpha value is -1.00. The molecule has 1 aromatic rings. The number of aryl methyl sites for hydroxylation is 1. The monoisotopic (exact) mass is 353 g/mol. The van der Waals surface area contributed by atoms with E-state index in [1.165, 1.54) is 7.05 Å². The molecule has 0 fully saturated rings. The SMILES string of the molecule is CC(C)CNC(=O)CNS(=O)(=O)c1c(Br)nnn1C. The number of hydrogen-bond acceptors (Lipinski definition) is 5. The number of amides is 1. The second-order valence-corrected chi connectivity index (χ2v) is 6.76. The molecule has 0 spiro atoms. The molecule has 10 heteroatoms. The molecule has 0 aliphatic heterocycles. The van der Waals surface area contributed by atoms with Crippen molar-refractivity contribution in [2.24, 2.45) is 13.0 Å². The first-order valence-corrected chi connectivity index (χ1v) is 7.83. The fourth-order valence-electron chi connectivity index (χ4n) is 1.22. The molecule has 0 radical (unpaired) electrons. The molecule has 8 nitrogen and oxygen atoms in total. The first-order chi connectivity index (χ1) is 8.74. The Morgan fingerprint density at radius 3 is 2.58 bits per heavy atom. The third kappa shape index (κ3) is 4.55. The summed E-state index contributed by atoms with van der Waals surface area (Å²) in [5, 5.41) is 9.64. The van der Waals surface area contributed by atoms with Gasteiger partial charge < -0.3 is 5.32 Å². The number of carbonyl (C=O) groups is 1. The van der Waals surface area contributed by atoms with E-state index in [1.807, 2.05) is 13.8 Å². The standard InChI is InChI=1S/C9H16BrN5O3S/c1-6(2)4-11-7(16)5-12-19(17,18)9-8(10)13-14-15(9)3/h6,12H,4-5H2,1-3H3,(H,11,16). The quantitative estimate of drug-likeness (QED) is 0.725. The highest BCUT2D eigenvalue weighted by Gasteiger charge is 2.24. The highest BCUT2D eigenvalue weighted by atomic mass is 79.9. The maximum Gasteiger partial charge on any atom is 0.261 e. The minimum atomic E-state index is -3.83. The molecule has 0 atom stereocenters. The summed E-state index contributed by atoms with van der Waals surface area (Å²) < 4.78 is 27.3. The zero-order chi connectivity index (χ0) is 14.6. The van der Waals surface area contributed by atoms with E-state index in [-0.39, 0.29) is 22.1 Å². The number of hydrogen-bond donors (Lipinski definition) is 2. The van der Waals surface area contributed by atoms with Gasteiger partial charge in [0.15, 0.2) is 4.60 Å². The number of halogens is 1. The smallest absolute Gasteiger partial charge is 0.261 e. The fraction of sp³-hybridized carbons (Fsp3) is 0.667. The summed E-state index contributed by atoms with van der Waals surface area (Å²) in [6, 6.07) is 0. The number of rotatable bonds is 6. The van der Waals surface area contributed by atoms with Crippen LogP contribution in [0.2, 0.25) is 0 Å². The number of aromatic nitrogens is 3. The van der Waals surface area contributed by atoms with Crippen molar-refractivity contribution < 1.29 is 13.2 Å². The highest BCUT2D eigenvalue weighted by molar-refractivity contribution is 9.10. The third-order valence-electron chi connectivity index (χ3n) is 2.12. The molecule has 0 aliphatic carbocycles. The molecule has 1 heterocycles. The lowest BCUT2D eigenvalue weighted by molar-refractivity contribution is -0.120. The van der Waals surface area contributed by atoms with Crippen molar-refractivity contribution in [1.82, 2.24) is 25.0 Å². The molecular formula is C9H16BrN5O3S. The Kier molecular flexibility index (Phi) is 5.44. The largest absolute Gasteiger partial charge is 0.355 e. The second kappa shape index (κ2) is 6.44. The van der Waals surface area contributed by atoms with E-state index in [2.05, 4.69) is 36.3 Å². The molecule has 1 aromatic heterocycles. The Morgan fingerprint density at radius 1 is 1.47 bits per heavy atom. The van der Waals surface area contributed by atoms with Crippen LogP contribution in [0.5, 0.6) is 0 Å². The van der Waals surface area contributed by atoms with Gasteiger partial charge in [-0.1, -0.05) is 19.1 Å². The Labute approximate surface area is 120 Å². The van der Waals surface area contributed by atoms with Gasteiger partial charge in [-0.25, -0.2) is 17.8 Å². The summed E-state index contributed by atoms with van der Waals surface area (Å²) in [4.78, 5) is 11.4. The number of nitrogens with one attached hydrogen (secondary N) is 2. The summed E-state index contributed by atoms with van der Waals surface area (Å²) in [7, 11) is -2.38. The van der Waals surface area contributed by atoms with Gasteiger partial charge in [0, 0.05) is 13.6 Å². The first kappa shape index (κ1) is 16.1. The molecule has 1 amide bonds. The molecule has 108 valence electrons. The van der Waals surface area contributed by atoms with Gasteiger partial charge in [-0.05, 0) is 21.8 Å². The van der Waals surface area contributed by atoms with Crippen LogP contribution in [0.15, 0.2) is 9.63 Å². The van der Waals surface area contributed by atoms with E-state index < -0.39 is 10.0 Å². The van der Waals surface area contributed by atoms with Crippen LogP contribution in [-0.4, -0.2) is 42.4 Å². The van der Waals surface area contributed by atoms with Crippen LogP contribution in [0.3, 0.4) is 0 Å². The van der Waals surface area contributed by atoms with Crippen molar-refractivity contribution in [2.75, 3.05) is 13.1 Å². The van der Waals surface area contributed by atoms with E-state index in [0.717, 1.165) is 4.68 Å². The van der Waals surface area contributed by atoms with Crippen LogP contribution in [0.1, 0.15) is 13.8 Å². The molecule has 0 aliphatic rings. The topological polar surface area (TPSA) is 106 Å². The van der Waals surface area contributed by atoms with Crippen molar-refractivity contribution in [1.29, 1.82) is 0 Å².